The van der Waals surface area contributed by atoms with Crippen molar-refractivity contribution in [3.05, 3.63) is 41.5 Å². The topological polar surface area (TPSA) is 105 Å². The predicted molar refractivity (Wildman–Crippen MR) is 81.9 cm³/mol. The van der Waals surface area contributed by atoms with Gasteiger partial charge in [-0.1, -0.05) is 23.4 Å². The fourth-order valence-corrected chi connectivity index (χ4v) is 3.74. The van der Waals surface area contributed by atoms with Gasteiger partial charge in [0.15, 0.2) is 5.82 Å². The van der Waals surface area contributed by atoms with E-state index in [4.69, 9.17) is 4.52 Å². The predicted octanol–water partition coefficient (Wildman–Crippen LogP) is 0.734. The van der Waals surface area contributed by atoms with E-state index >= 15 is 0 Å². The summed E-state index contributed by atoms with van der Waals surface area (Å²) in [5.74, 6) is 0.175. The molecule has 2 aromatic rings. The first-order valence-corrected chi connectivity index (χ1v) is 8.60. The molecular weight excluding hydrogens is 320 g/mol. The molecule has 1 aromatic heterocycles. The highest BCUT2D eigenvalue weighted by molar-refractivity contribution is 7.91. The van der Waals surface area contributed by atoms with E-state index in [1.807, 2.05) is 12.1 Å². The number of aryl methyl sites for hydroxylation is 2. The number of carbonyl (C=O) groups is 1. The molecule has 2 heterocycles. The zero-order valence-corrected chi connectivity index (χ0v) is 13.3. The first-order valence-electron chi connectivity index (χ1n) is 7.16. The van der Waals surface area contributed by atoms with E-state index in [-0.39, 0.29) is 12.8 Å². The van der Waals surface area contributed by atoms with Gasteiger partial charge in [-0.05, 0) is 25.0 Å². The Morgan fingerprint density at radius 2 is 2.17 bits per heavy atom. The van der Waals surface area contributed by atoms with Gasteiger partial charge in [0.25, 0.3) is 0 Å². The molecule has 0 spiro atoms. The molecule has 0 radical (unpaired) electrons. The van der Waals surface area contributed by atoms with Crippen molar-refractivity contribution in [3.8, 4) is 0 Å². The minimum atomic E-state index is -3.90. The Balaban J connectivity index is 1.64. The van der Waals surface area contributed by atoms with E-state index in [1.165, 1.54) is 4.31 Å². The number of amides is 1. The Morgan fingerprint density at radius 3 is 2.91 bits per heavy atom. The summed E-state index contributed by atoms with van der Waals surface area (Å²) in [6.07, 6.45) is 0.779. The number of hydrogen-bond donors (Lipinski definition) is 1. The maximum Gasteiger partial charge on any atom is 0.326 e. The molecule has 1 N–H and O–H groups in total. The fourth-order valence-electron chi connectivity index (χ4n) is 2.47. The van der Waals surface area contributed by atoms with Crippen LogP contribution >= 0.6 is 0 Å². The first kappa shape index (κ1) is 15.5. The van der Waals surface area contributed by atoms with Gasteiger partial charge in [-0.2, -0.15) is 13.4 Å². The smallest absolute Gasteiger partial charge is 0.326 e. The molecule has 1 amide bonds. The summed E-state index contributed by atoms with van der Waals surface area (Å²) in [5.41, 5.74) is 1.56. The van der Waals surface area contributed by atoms with Gasteiger partial charge in [-0.15, -0.1) is 0 Å². The Bertz CT molecular complexity index is 831. The molecule has 0 fully saturated rings. The zero-order chi connectivity index (χ0) is 16.4. The standard InChI is InChI=1S/C14H16N4O4S/c1-10-15-14(22-16-10)7-6-13(19)17-23(20,21)18-9-8-11-4-2-3-5-12(11)18/h2-5H,6-9H2,1H3,(H,17,19). The third-order valence-electron chi connectivity index (χ3n) is 3.51. The maximum atomic E-state index is 12.4. The molecule has 3 rings (SSSR count). The second-order valence-electron chi connectivity index (χ2n) is 5.22. The minimum absolute atomic E-state index is 0.0453. The number of nitrogens with one attached hydrogen (secondary N) is 1. The quantitative estimate of drug-likeness (QED) is 0.863. The van der Waals surface area contributed by atoms with Crippen LogP contribution in [0.25, 0.3) is 0 Å². The number of anilines is 1. The molecular formula is C14H16N4O4S. The van der Waals surface area contributed by atoms with Crippen molar-refractivity contribution >= 4 is 21.8 Å². The third-order valence-corrected chi connectivity index (χ3v) is 4.96. The average molecular weight is 336 g/mol. The SMILES string of the molecule is Cc1noc(CCC(=O)NS(=O)(=O)N2CCc3ccccc32)n1. The number of benzene rings is 1. The molecule has 1 aromatic carbocycles. The van der Waals surface area contributed by atoms with Crippen LogP contribution in [-0.4, -0.2) is 31.0 Å². The van der Waals surface area contributed by atoms with Crippen molar-refractivity contribution in [2.24, 2.45) is 0 Å². The molecule has 0 saturated heterocycles. The number of fused-ring (bicyclic) bond motifs is 1. The first-order chi connectivity index (χ1) is 11.0. The van der Waals surface area contributed by atoms with Crippen molar-refractivity contribution < 1.29 is 17.7 Å². The van der Waals surface area contributed by atoms with E-state index in [1.54, 1.807) is 19.1 Å². The molecule has 1 aliphatic heterocycles. The average Bonchev–Trinajstić information content (AvgIpc) is 3.11. The van der Waals surface area contributed by atoms with Gasteiger partial charge in [0.2, 0.25) is 11.8 Å². The molecule has 23 heavy (non-hydrogen) atoms. The highest BCUT2D eigenvalue weighted by atomic mass is 32.2. The normalized spacial score (nSPS) is 13.9. The van der Waals surface area contributed by atoms with Gasteiger partial charge < -0.3 is 4.52 Å². The van der Waals surface area contributed by atoms with Crippen molar-refractivity contribution in [1.29, 1.82) is 0 Å². The van der Waals surface area contributed by atoms with Gasteiger partial charge in [-0.25, -0.2) is 4.72 Å². The fraction of sp³-hybridized carbons (Fsp3) is 0.357. The van der Waals surface area contributed by atoms with Crippen molar-refractivity contribution in [2.45, 2.75) is 26.2 Å². The van der Waals surface area contributed by atoms with Crippen molar-refractivity contribution in [3.63, 3.8) is 0 Å². The lowest BCUT2D eigenvalue weighted by Gasteiger charge is -2.19. The summed E-state index contributed by atoms with van der Waals surface area (Å²) in [6, 6.07) is 7.24. The van der Waals surface area contributed by atoms with Crippen molar-refractivity contribution in [1.82, 2.24) is 14.9 Å². The molecule has 0 unspecified atom stereocenters. The number of nitrogens with zero attached hydrogens (tertiary/aromatic N) is 3. The van der Waals surface area contributed by atoms with E-state index in [0.717, 1.165) is 5.56 Å². The number of hydrogen-bond acceptors (Lipinski definition) is 6. The number of rotatable bonds is 5. The van der Waals surface area contributed by atoms with E-state index in [9.17, 15) is 13.2 Å². The maximum absolute atomic E-state index is 12.4. The van der Waals surface area contributed by atoms with Gasteiger partial charge in [0.05, 0.1) is 5.69 Å². The lowest BCUT2D eigenvalue weighted by atomic mass is 10.2. The molecule has 0 saturated carbocycles. The van der Waals surface area contributed by atoms with Crippen LogP contribution in [0.1, 0.15) is 23.7 Å². The van der Waals surface area contributed by atoms with Crippen LogP contribution in [0, 0.1) is 6.92 Å². The minimum Gasteiger partial charge on any atom is -0.339 e. The Hall–Kier alpha value is -2.42. The van der Waals surface area contributed by atoms with E-state index in [2.05, 4.69) is 14.9 Å². The van der Waals surface area contributed by atoms with Crippen LogP contribution < -0.4 is 9.03 Å². The molecule has 9 heteroatoms. The molecule has 122 valence electrons. The van der Waals surface area contributed by atoms with E-state index < -0.39 is 16.1 Å². The molecule has 0 bridgehead atoms. The number of carbonyl (C=O) groups excluding carboxylic acids is 1. The van der Waals surface area contributed by atoms with Gasteiger partial charge in [-0.3, -0.25) is 9.10 Å². The third kappa shape index (κ3) is 3.34. The second kappa shape index (κ2) is 5.99. The van der Waals surface area contributed by atoms with Crippen LogP contribution in [0.2, 0.25) is 0 Å². The van der Waals surface area contributed by atoms with Gasteiger partial charge >= 0.3 is 10.2 Å². The Morgan fingerprint density at radius 1 is 1.39 bits per heavy atom. The number of para-hydroxylation sites is 1. The lowest BCUT2D eigenvalue weighted by molar-refractivity contribution is -0.119. The monoisotopic (exact) mass is 336 g/mol. The highest BCUT2D eigenvalue weighted by Crippen LogP contribution is 2.29. The van der Waals surface area contributed by atoms with Crippen LogP contribution in [-0.2, 0) is 27.8 Å². The van der Waals surface area contributed by atoms with Crippen molar-refractivity contribution in [2.75, 3.05) is 10.8 Å². The molecule has 0 atom stereocenters. The molecule has 8 nitrogen and oxygen atoms in total. The summed E-state index contributed by atoms with van der Waals surface area (Å²) < 4.78 is 32.9. The summed E-state index contributed by atoms with van der Waals surface area (Å²) in [7, 11) is -3.90. The lowest BCUT2D eigenvalue weighted by Crippen LogP contribution is -2.42. The van der Waals surface area contributed by atoms with Crippen LogP contribution in [0.5, 0.6) is 0 Å². The summed E-state index contributed by atoms with van der Waals surface area (Å²) in [5, 5.41) is 3.61. The van der Waals surface area contributed by atoms with Crippen LogP contribution in [0.15, 0.2) is 28.8 Å². The zero-order valence-electron chi connectivity index (χ0n) is 12.5. The number of aromatic nitrogens is 2. The van der Waals surface area contributed by atoms with E-state index in [0.29, 0.717) is 30.4 Å². The second-order valence-corrected chi connectivity index (χ2v) is 6.81. The summed E-state index contributed by atoms with van der Waals surface area (Å²) >= 11 is 0. The van der Waals surface area contributed by atoms with Gasteiger partial charge in [0, 0.05) is 19.4 Å². The summed E-state index contributed by atoms with van der Waals surface area (Å²) in [6.45, 7) is 1.99. The van der Waals surface area contributed by atoms with Gasteiger partial charge in [0.1, 0.15) is 0 Å². The largest absolute Gasteiger partial charge is 0.339 e. The highest BCUT2D eigenvalue weighted by Gasteiger charge is 2.30. The van der Waals surface area contributed by atoms with Crippen LogP contribution in [0.4, 0.5) is 5.69 Å². The Kier molecular flexibility index (Phi) is 4.03. The molecule has 1 aliphatic rings. The Labute approximate surface area is 133 Å². The van der Waals surface area contributed by atoms with Crippen LogP contribution in [0.3, 0.4) is 0 Å². The molecule has 0 aliphatic carbocycles. The summed E-state index contributed by atoms with van der Waals surface area (Å²) in [4.78, 5) is 15.9.